The van der Waals surface area contributed by atoms with Crippen molar-refractivity contribution in [2.75, 3.05) is 11.1 Å². The lowest BCUT2D eigenvalue weighted by molar-refractivity contribution is -0.113. The van der Waals surface area contributed by atoms with Crippen LogP contribution in [0.3, 0.4) is 0 Å². The molecule has 0 bridgehead atoms. The largest absolute Gasteiger partial charge is 0.325 e. The van der Waals surface area contributed by atoms with E-state index in [9.17, 15) is 4.79 Å². The van der Waals surface area contributed by atoms with E-state index >= 15 is 0 Å². The summed E-state index contributed by atoms with van der Waals surface area (Å²) in [6, 6.07) is 14.2. The molecule has 6 heteroatoms. The van der Waals surface area contributed by atoms with Crippen molar-refractivity contribution >= 4 is 34.2 Å². The number of aliphatic imine (C=N–C) groups is 1. The number of anilines is 1. The molecule has 2 aliphatic rings. The number of rotatable bonds is 3. The highest BCUT2D eigenvalue weighted by atomic mass is 32.2. The Kier molecular flexibility index (Phi) is 4.42. The third kappa shape index (κ3) is 3.20. The van der Waals surface area contributed by atoms with Gasteiger partial charge in [-0.1, -0.05) is 47.7 Å². The highest BCUT2D eigenvalue weighted by Crippen LogP contribution is 2.38. The standard InChI is InChI=1S/C20H20N4OS/c1-13-7-8-16(14(2)11-13)22-19(25)12-26-20-23-17-6-4-3-5-15(17)18-9-10-21-24(18)20/h3-11,18,21H,12H2,1-2H3,(H,22,25). The molecule has 2 aliphatic heterocycles. The molecule has 0 saturated heterocycles. The van der Waals surface area contributed by atoms with E-state index in [1.165, 1.54) is 17.3 Å². The minimum atomic E-state index is -0.0350. The predicted molar refractivity (Wildman–Crippen MR) is 107 cm³/mol. The molecule has 1 atom stereocenters. The van der Waals surface area contributed by atoms with E-state index in [2.05, 4.69) is 29.0 Å². The first-order valence-corrected chi connectivity index (χ1v) is 9.50. The Hall–Kier alpha value is -2.73. The molecule has 1 amide bonds. The smallest absolute Gasteiger partial charge is 0.234 e. The Labute approximate surface area is 157 Å². The van der Waals surface area contributed by atoms with Crippen LogP contribution >= 0.6 is 11.8 Å². The van der Waals surface area contributed by atoms with Crippen LogP contribution in [0.15, 0.2) is 59.7 Å². The summed E-state index contributed by atoms with van der Waals surface area (Å²) in [5, 5.41) is 5.78. The zero-order chi connectivity index (χ0) is 18.1. The molecule has 132 valence electrons. The van der Waals surface area contributed by atoms with Crippen molar-refractivity contribution in [3.8, 4) is 0 Å². The number of nitrogens with zero attached hydrogens (tertiary/aromatic N) is 2. The molecule has 26 heavy (non-hydrogen) atoms. The monoisotopic (exact) mass is 364 g/mol. The van der Waals surface area contributed by atoms with E-state index in [1.807, 2.05) is 55.4 Å². The molecule has 0 fully saturated rings. The molecule has 0 aromatic heterocycles. The van der Waals surface area contributed by atoms with Gasteiger partial charge in [0.1, 0.15) is 0 Å². The molecule has 4 rings (SSSR count). The van der Waals surface area contributed by atoms with Crippen molar-refractivity contribution in [3.63, 3.8) is 0 Å². The highest BCUT2D eigenvalue weighted by molar-refractivity contribution is 8.14. The molecular weight excluding hydrogens is 344 g/mol. The second-order valence-electron chi connectivity index (χ2n) is 6.41. The fourth-order valence-electron chi connectivity index (χ4n) is 3.17. The number of benzene rings is 2. The van der Waals surface area contributed by atoms with E-state index in [-0.39, 0.29) is 11.9 Å². The topological polar surface area (TPSA) is 56.7 Å². The molecule has 0 aliphatic carbocycles. The maximum Gasteiger partial charge on any atom is 0.234 e. The molecule has 0 radical (unpaired) electrons. The van der Waals surface area contributed by atoms with Crippen LogP contribution in [0.25, 0.3) is 0 Å². The fraction of sp³-hybridized carbons (Fsp3) is 0.200. The van der Waals surface area contributed by atoms with E-state index in [0.29, 0.717) is 5.75 Å². The van der Waals surface area contributed by atoms with Crippen molar-refractivity contribution < 1.29 is 4.79 Å². The fourth-order valence-corrected chi connectivity index (χ4v) is 3.97. The van der Waals surface area contributed by atoms with Crippen LogP contribution in [-0.4, -0.2) is 21.8 Å². The molecule has 0 saturated carbocycles. The number of carbonyl (C=O) groups is 1. The van der Waals surface area contributed by atoms with Gasteiger partial charge in [-0.2, -0.15) is 0 Å². The summed E-state index contributed by atoms with van der Waals surface area (Å²) in [6.07, 6.45) is 4.02. The Morgan fingerprint density at radius 2 is 2.12 bits per heavy atom. The van der Waals surface area contributed by atoms with Crippen molar-refractivity contribution in [2.45, 2.75) is 19.9 Å². The summed E-state index contributed by atoms with van der Waals surface area (Å²) >= 11 is 1.44. The molecular formula is C20H20N4OS. The number of nitrogens with one attached hydrogen (secondary N) is 2. The maximum absolute atomic E-state index is 12.4. The van der Waals surface area contributed by atoms with Crippen molar-refractivity contribution in [3.05, 3.63) is 71.4 Å². The third-order valence-corrected chi connectivity index (χ3v) is 5.39. The normalized spacial score (nSPS) is 17.2. The lowest BCUT2D eigenvalue weighted by Gasteiger charge is -2.31. The van der Waals surface area contributed by atoms with Crippen LogP contribution in [0.2, 0.25) is 0 Å². The highest BCUT2D eigenvalue weighted by Gasteiger charge is 2.31. The van der Waals surface area contributed by atoms with Gasteiger partial charge in [0.25, 0.3) is 0 Å². The number of fused-ring (bicyclic) bond motifs is 3. The summed E-state index contributed by atoms with van der Waals surface area (Å²) in [6.45, 7) is 4.04. The first-order chi connectivity index (χ1) is 12.6. The third-order valence-electron chi connectivity index (χ3n) is 4.44. The lowest BCUT2D eigenvalue weighted by atomic mass is 10.0. The zero-order valence-corrected chi connectivity index (χ0v) is 15.5. The van der Waals surface area contributed by atoms with Gasteiger partial charge < -0.3 is 10.7 Å². The van der Waals surface area contributed by atoms with E-state index in [1.54, 1.807) is 0 Å². The number of amides is 1. The van der Waals surface area contributed by atoms with Crippen LogP contribution in [-0.2, 0) is 4.79 Å². The molecule has 0 spiro atoms. The minimum absolute atomic E-state index is 0.0350. The van der Waals surface area contributed by atoms with E-state index < -0.39 is 0 Å². The maximum atomic E-state index is 12.4. The Morgan fingerprint density at radius 3 is 2.96 bits per heavy atom. The average Bonchev–Trinajstić information content (AvgIpc) is 3.12. The summed E-state index contributed by atoms with van der Waals surface area (Å²) < 4.78 is 0. The second kappa shape index (κ2) is 6.88. The van der Waals surface area contributed by atoms with Crippen LogP contribution < -0.4 is 10.7 Å². The number of hydrogen-bond donors (Lipinski definition) is 2. The number of hydrogen-bond acceptors (Lipinski definition) is 5. The Balaban J connectivity index is 1.46. The van der Waals surface area contributed by atoms with Crippen LogP contribution in [0.4, 0.5) is 11.4 Å². The van der Waals surface area contributed by atoms with Gasteiger partial charge in [-0.05, 0) is 37.6 Å². The van der Waals surface area contributed by atoms with E-state index in [0.717, 1.165) is 27.7 Å². The zero-order valence-electron chi connectivity index (χ0n) is 14.7. The first kappa shape index (κ1) is 16.7. The van der Waals surface area contributed by atoms with Gasteiger partial charge >= 0.3 is 0 Å². The predicted octanol–water partition coefficient (Wildman–Crippen LogP) is 4.05. The lowest BCUT2D eigenvalue weighted by Crippen LogP contribution is -2.39. The van der Waals surface area contributed by atoms with Gasteiger partial charge in [-0.15, -0.1) is 0 Å². The quantitative estimate of drug-likeness (QED) is 0.863. The van der Waals surface area contributed by atoms with Gasteiger partial charge in [0.2, 0.25) is 5.91 Å². The number of para-hydroxylation sites is 1. The molecule has 2 N–H and O–H groups in total. The summed E-state index contributed by atoms with van der Waals surface area (Å²) in [5.74, 6) is 0.270. The second-order valence-corrected chi connectivity index (χ2v) is 7.35. The Bertz CT molecular complexity index is 922. The molecule has 1 unspecified atom stereocenters. The number of aryl methyl sites for hydroxylation is 2. The van der Waals surface area contributed by atoms with Crippen LogP contribution in [0, 0.1) is 13.8 Å². The number of carbonyl (C=O) groups excluding carboxylic acids is 1. The first-order valence-electron chi connectivity index (χ1n) is 8.51. The number of hydrazine groups is 1. The van der Waals surface area contributed by atoms with Crippen LogP contribution in [0.5, 0.6) is 0 Å². The average molecular weight is 364 g/mol. The number of thioether (sulfide) groups is 1. The number of amidine groups is 1. The molecule has 2 aromatic carbocycles. The van der Waals surface area contributed by atoms with Crippen molar-refractivity contribution in [2.24, 2.45) is 4.99 Å². The molecule has 5 nitrogen and oxygen atoms in total. The van der Waals surface area contributed by atoms with Gasteiger partial charge in [-0.25, -0.2) is 4.99 Å². The van der Waals surface area contributed by atoms with E-state index in [4.69, 9.17) is 4.99 Å². The Morgan fingerprint density at radius 1 is 1.27 bits per heavy atom. The SMILES string of the molecule is Cc1ccc(NC(=O)CSC2=Nc3ccccc3C3C=CNN23)c(C)c1. The van der Waals surface area contributed by atoms with Gasteiger partial charge in [0.05, 0.1) is 17.5 Å². The van der Waals surface area contributed by atoms with Crippen LogP contribution in [0.1, 0.15) is 22.7 Å². The van der Waals surface area contributed by atoms with Crippen molar-refractivity contribution in [1.82, 2.24) is 10.4 Å². The summed E-state index contributed by atoms with van der Waals surface area (Å²) in [7, 11) is 0. The van der Waals surface area contributed by atoms with Crippen molar-refractivity contribution in [1.29, 1.82) is 0 Å². The summed E-state index contributed by atoms with van der Waals surface area (Å²) in [5.41, 5.74) is 8.44. The molecule has 2 heterocycles. The van der Waals surface area contributed by atoms with Gasteiger partial charge in [-0.3, -0.25) is 9.80 Å². The molecule has 2 aromatic rings. The minimum Gasteiger partial charge on any atom is -0.325 e. The van der Waals surface area contributed by atoms with Gasteiger partial charge in [0.15, 0.2) is 5.17 Å². The summed E-state index contributed by atoms with van der Waals surface area (Å²) in [4.78, 5) is 17.1. The van der Waals surface area contributed by atoms with Gasteiger partial charge in [0, 0.05) is 17.5 Å².